The van der Waals surface area contributed by atoms with Gasteiger partial charge in [-0.3, -0.25) is 9.69 Å². The van der Waals surface area contributed by atoms with Crippen LogP contribution >= 0.6 is 0 Å². The number of carbonyl (C=O) groups excluding carboxylic acids is 2. The minimum Gasteiger partial charge on any atom is -0.369 e. The van der Waals surface area contributed by atoms with Gasteiger partial charge in [-0.25, -0.2) is 4.79 Å². The van der Waals surface area contributed by atoms with Crippen LogP contribution in [0.3, 0.4) is 0 Å². The molecule has 3 rings (SSSR count). The maximum absolute atomic E-state index is 12.1. The molecule has 0 bridgehead atoms. The van der Waals surface area contributed by atoms with E-state index in [9.17, 15) is 9.59 Å². The Morgan fingerprint density at radius 2 is 1.52 bits per heavy atom. The molecule has 0 aromatic heterocycles. The number of unbranched alkanes of at least 4 members (excludes halogenated alkanes) is 1. The molecular weight excluding hydrogens is 390 g/mol. The molecule has 166 valence electrons. The molecule has 1 aliphatic heterocycles. The molecule has 0 radical (unpaired) electrons. The Balaban J connectivity index is 1.42. The Morgan fingerprint density at radius 3 is 2.23 bits per heavy atom. The third kappa shape index (κ3) is 7.61. The fourth-order valence-corrected chi connectivity index (χ4v) is 3.83. The van der Waals surface area contributed by atoms with Gasteiger partial charge in [0.05, 0.1) is 0 Å². The topological polar surface area (TPSA) is 90.7 Å². The molecule has 1 fully saturated rings. The maximum atomic E-state index is 12.1. The molecule has 0 spiro atoms. The minimum atomic E-state index is -0.525. The van der Waals surface area contributed by atoms with E-state index in [1.54, 1.807) is 0 Å². The molecule has 7 nitrogen and oxygen atoms in total. The van der Waals surface area contributed by atoms with Crippen molar-refractivity contribution in [2.24, 2.45) is 5.73 Å². The fourth-order valence-electron chi connectivity index (χ4n) is 3.83. The number of carbonyl (C=O) groups is 2. The first-order valence-electron chi connectivity index (χ1n) is 11.0. The molecule has 1 saturated heterocycles. The fraction of sp³-hybridized carbons (Fsp3) is 0.417. The molecule has 2 aromatic carbocycles. The quantitative estimate of drug-likeness (QED) is 0.512. The summed E-state index contributed by atoms with van der Waals surface area (Å²) in [6.07, 6.45) is 1.91. The Kier molecular flexibility index (Phi) is 8.72. The summed E-state index contributed by atoms with van der Waals surface area (Å²) in [5.41, 5.74) is 8.74. The summed E-state index contributed by atoms with van der Waals surface area (Å²) in [6, 6.07) is 18.4. The number of para-hydroxylation sites is 1. The van der Waals surface area contributed by atoms with Gasteiger partial charge in [-0.2, -0.15) is 0 Å². The summed E-state index contributed by atoms with van der Waals surface area (Å²) in [7, 11) is 0. The number of piperazine rings is 1. The number of benzene rings is 2. The van der Waals surface area contributed by atoms with Gasteiger partial charge in [0.15, 0.2) is 0 Å². The lowest BCUT2D eigenvalue weighted by atomic mass is 10.1. The van der Waals surface area contributed by atoms with Crippen molar-refractivity contribution in [2.45, 2.75) is 32.4 Å². The Hall–Kier alpha value is -3.06. The third-order valence-corrected chi connectivity index (χ3v) is 5.61. The third-order valence-electron chi connectivity index (χ3n) is 5.61. The maximum Gasteiger partial charge on any atom is 0.312 e. The number of anilines is 1. The molecule has 31 heavy (non-hydrogen) atoms. The summed E-state index contributed by atoms with van der Waals surface area (Å²) in [5, 5.41) is 5.56. The first kappa shape index (κ1) is 22.6. The summed E-state index contributed by atoms with van der Waals surface area (Å²) >= 11 is 0. The molecule has 0 aliphatic carbocycles. The second kappa shape index (κ2) is 12.0. The van der Waals surface area contributed by atoms with Crippen molar-refractivity contribution >= 4 is 17.6 Å². The van der Waals surface area contributed by atoms with E-state index >= 15 is 0 Å². The summed E-state index contributed by atoms with van der Waals surface area (Å²) in [6.45, 7) is 6.03. The van der Waals surface area contributed by atoms with Crippen molar-refractivity contribution in [3.63, 3.8) is 0 Å². The van der Waals surface area contributed by atoms with Crippen LogP contribution in [0.1, 0.15) is 30.4 Å². The minimum absolute atomic E-state index is 0.0327. The van der Waals surface area contributed by atoms with Gasteiger partial charge in [0, 0.05) is 57.9 Å². The number of nitrogens with one attached hydrogen (secondary N) is 2. The first-order valence-corrected chi connectivity index (χ1v) is 11.0. The summed E-state index contributed by atoms with van der Waals surface area (Å²) in [4.78, 5) is 27.7. The van der Waals surface area contributed by atoms with Crippen LogP contribution in [0.15, 0.2) is 54.6 Å². The highest BCUT2D eigenvalue weighted by molar-refractivity contribution is 5.75. The lowest BCUT2D eigenvalue weighted by molar-refractivity contribution is -0.121. The van der Waals surface area contributed by atoms with Crippen LogP contribution in [0.2, 0.25) is 0 Å². The van der Waals surface area contributed by atoms with Crippen LogP contribution < -0.4 is 21.3 Å². The van der Waals surface area contributed by atoms with Gasteiger partial charge in [0.1, 0.15) is 0 Å². The first-order chi connectivity index (χ1) is 15.1. The average Bonchev–Trinajstić information content (AvgIpc) is 2.79. The van der Waals surface area contributed by atoms with Crippen LogP contribution in [-0.4, -0.2) is 49.6 Å². The van der Waals surface area contributed by atoms with E-state index in [0.29, 0.717) is 19.5 Å². The summed E-state index contributed by atoms with van der Waals surface area (Å²) in [5.74, 6) is 0.0327. The van der Waals surface area contributed by atoms with Crippen LogP contribution in [0.25, 0.3) is 0 Å². The second-order valence-electron chi connectivity index (χ2n) is 7.89. The number of nitrogens with zero attached hydrogens (tertiary/aromatic N) is 2. The summed E-state index contributed by atoms with van der Waals surface area (Å²) < 4.78 is 0. The van der Waals surface area contributed by atoms with Gasteiger partial charge < -0.3 is 21.3 Å². The van der Waals surface area contributed by atoms with Crippen LogP contribution in [0.5, 0.6) is 0 Å². The van der Waals surface area contributed by atoms with E-state index in [2.05, 4.69) is 69.0 Å². The van der Waals surface area contributed by atoms with Crippen molar-refractivity contribution in [1.82, 2.24) is 15.5 Å². The molecule has 1 aliphatic rings. The van der Waals surface area contributed by atoms with Gasteiger partial charge in [-0.05, 0) is 36.1 Å². The monoisotopic (exact) mass is 423 g/mol. The highest BCUT2D eigenvalue weighted by Gasteiger charge is 2.18. The second-order valence-corrected chi connectivity index (χ2v) is 7.89. The van der Waals surface area contributed by atoms with Crippen molar-refractivity contribution in [3.05, 3.63) is 65.7 Å². The van der Waals surface area contributed by atoms with Crippen molar-refractivity contribution in [3.8, 4) is 0 Å². The normalized spacial score (nSPS) is 14.3. The van der Waals surface area contributed by atoms with E-state index in [4.69, 9.17) is 5.73 Å². The molecule has 4 N–H and O–H groups in total. The van der Waals surface area contributed by atoms with E-state index in [0.717, 1.165) is 51.1 Å². The van der Waals surface area contributed by atoms with Gasteiger partial charge in [-0.15, -0.1) is 0 Å². The molecule has 2 aromatic rings. The Morgan fingerprint density at radius 1 is 0.839 bits per heavy atom. The number of hydrogen-bond donors (Lipinski definition) is 3. The van der Waals surface area contributed by atoms with Crippen molar-refractivity contribution < 1.29 is 9.59 Å². The standard InChI is InChI=1S/C24H33N5O2/c25-24(31)26-13-7-6-12-23(30)27-18-20-8-4-5-9-21(20)19-28-14-16-29(17-15-28)22-10-2-1-3-11-22/h1-5,8-11H,6-7,12-19H2,(H,27,30)(H3,25,26,31). The van der Waals surface area contributed by atoms with Crippen LogP contribution in [0, 0.1) is 0 Å². The highest BCUT2D eigenvalue weighted by atomic mass is 16.2. The average molecular weight is 424 g/mol. The lowest BCUT2D eigenvalue weighted by Gasteiger charge is -2.36. The highest BCUT2D eigenvalue weighted by Crippen LogP contribution is 2.18. The molecule has 1 heterocycles. The molecule has 0 atom stereocenters. The molecule has 0 unspecified atom stereocenters. The van der Waals surface area contributed by atoms with Gasteiger partial charge in [-0.1, -0.05) is 42.5 Å². The largest absolute Gasteiger partial charge is 0.369 e. The van der Waals surface area contributed by atoms with E-state index in [-0.39, 0.29) is 5.91 Å². The van der Waals surface area contributed by atoms with Gasteiger partial charge in [0.25, 0.3) is 0 Å². The predicted molar refractivity (Wildman–Crippen MR) is 124 cm³/mol. The zero-order valence-corrected chi connectivity index (χ0v) is 18.1. The smallest absolute Gasteiger partial charge is 0.312 e. The molecule has 3 amide bonds. The Bertz CT molecular complexity index is 835. The van der Waals surface area contributed by atoms with Crippen molar-refractivity contribution in [2.75, 3.05) is 37.6 Å². The molecular formula is C24H33N5O2. The van der Waals surface area contributed by atoms with Crippen molar-refractivity contribution in [1.29, 1.82) is 0 Å². The zero-order chi connectivity index (χ0) is 21.9. The molecule has 7 heteroatoms. The van der Waals surface area contributed by atoms with E-state index in [1.807, 2.05) is 6.07 Å². The van der Waals surface area contributed by atoms with Gasteiger partial charge in [0.2, 0.25) is 5.91 Å². The number of primary amides is 1. The number of nitrogens with two attached hydrogens (primary N) is 1. The number of rotatable bonds is 10. The van der Waals surface area contributed by atoms with Crippen LogP contribution in [0.4, 0.5) is 10.5 Å². The SMILES string of the molecule is NC(=O)NCCCCC(=O)NCc1ccccc1CN1CCN(c2ccccc2)CC1. The van der Waals surface area contributed by atoms with Crippen LogP contribution in [-0.2, 0) is 17.9 Å². The van der Waals surface area contributed by atoms with E-state index in [1.165, 1.54) is 11.3 Å². The zero-order valence-electron chi connectivity index (χ0n) is 18.1. The number of urea groups is 1. The number of amides is 3. The Labute approximate surface area is 184 Å². The van der Waals surface area contributed by atoms with Gasteiger partial charge >= 0.3 is 6.03 Å². The molecule has 0 saturated carbocycles. The lowest BCUT2D eigenvalue weighted by Crippen LogP contribution is -2.46. The number of hydrogen-bond acceptors (Lipinski definition) is 4. The predicted octanol–water partition coefficient (Wildman–Crippen LogP) is 2.46. The van der Waals surface area contributed by atoms with E-state index < -0.39 is 6.03 Å².